The first-order valence-electron chi connectivity index (χ1n) is 7.09. The van der Waals surface area contributed by atoms with Gasteiger partial charge in [-0.25, -0.2) is 9.97 Å². The van der Waals surface area contributed by atoms with Crippen molar-refractivity contribution in [1.29, 1.82) is 0 Å². The van der Waals surface area contributed by atoms with Crippen molar-refractivity contribution in [1.82, 2.24) is 9.97 Å². The molecule has 4 heteroatoms. The summed E-state index contributed by atoms with van der Waals surface area (Å²) in [5.74, 6) is 1.93. The molecule has 0 aliphatic heterocycles. The third-order valence-electron chi connectivity index (χ3n) is 3.70. The summed E-state index contributed by atoms with van der Waals surface area (Å²) in [4.78, 5) is 11.0. The molecule has 20 heavy (non-hydrogen) atoms. The molecule has 1 aliphatic carbocycles. The Morgan fingerprint density at radius 3 is 2.70 bits per heavy atom. The van der Waals surface area contributed by atoms with Gasteiger partial charge in [0, 0.05) is 24.0 Å². The zero-order valence-corrected chi connectivity index (χ0v) is 12.0. The van der Waals surface area contributed by atoms with Crippen LogP contribution in [0.4, 0.5) is 11.5 Å². The number of ether oxygens (including phenoxy) is 1. The predicted octanol–water partition coefficient (Wildman–Crippen LogP) is 3.13. The van der Waals surface area contributed by atoms with Gasteiger partial charge in [0.2, 0.25) is 0 Å². The molecule has 1 aromatic carbocycles. The van der Waals surface area contributed by atoms with Gasteiger partial charge in [-0.05, 0) is 50.5 Å². The summed E-state index contributed by atoms with van der Waals surface area (Å²) >= 11 is 0. The van der Waals surface area contributed by atoms with Crippen LogP contribution in [0.1, 0.15) is 24.6 Å². The first kappa shape index (κ1) is 12.9. The summed E-state index contributed by atoms with van der Waals surface area (Å²) in [6, 6.07) is 8.12. The molecule has 0 bridgehead atoms. The Morgan fingerprint density at radius 2 is 1.95 bits per heavy atom. The van der Waals surface area contributed by atoms with Crippen LogP contribution >= 0.6 is 0 Å². The smallest absolute Gasteiger partial charge is 0.139 e. The minimum absolute atomic E-state index is 0.689. The molecule has 0 radical (unpaired) electrons. The first-order valence-corrected chi connectivity index (χ1v) is 7.09. The number of aryl methyl sites for hydroxylation is 1. The lowest BCUT2D eigenvalue weighted by atomic mass is 10.2. The van der Waals surface area contributed by atoms with E-state index in [0.29, 0.717) is 6.61 Å². The van der Waals surface area contributed by atoms with Gasteiger partial charge in [-0.2, -0.15) is 0 Å². The Balaban J connectivity index is 1.89. The van der Waals surface area contributed by atoms with Crippen molar-refractivity contribution in [2.24, 2.45) is 0 Å². The van der Waals surface area contributed by atoms with E-state index in [1.54, 1.807) is 6.33 Å². The van der Waals surface area contributed by atoms with Gasteiger partial charge in [-0.1, -0.05) is 0 Å². The van der Waals surface area contributed by atoms with Crippen LogP contribution in [0.15, 0.2) is 30.6 Å². The number of hydrogen-bond donors (Lipinski definition) is 0. The van der Waals surface area contributed by atoms with Crippen molar-refractivity contribution >= 4 is 11.5 Å². The summed E-state index contributed by atoms with van der Waals surface area (Å²) in [5, 5.41) is 0. The molecule has 0 spiro atoms. The fourth-order valence-corrected chi connectivity index (χ4v) is 2.69. The van der Waals surface area contributed by atoms with Crippen molar-refractivity contribution in [3.8, 4) is 5.75 Å². The maximum Gasteiger partial charge on any atom is 0.139 e. The van der Waals surface area contributed by atoms with Gasteiger partial charge < -0.3 is 9.64 Å². The van der Waals surface area contributed by atoms with Crippen molar-refractivity contribution in [3.63, 3.8) is 0 Å². The molecule has 1 heterocycles. The third-order valence-corrected chi connectivity index (χ3v) is 3.70. The zero-order valence-electron chi connectivity index (χ0n) is 12.0. The largest absolute Gasteiger partial charge is 0.494 e. The lowest BCUT2D eigenvalue weighted by molar-refractivity contribution is 0.340. The topological polar surface area (TPSA) is 38.2 Å². The second kappa shape index (κ2) is 5.49. The normalized spacial score (nSPS) is 13.1. The van der Waals surface area contributed by atoms with Crippen LogP contribution in [0, 0.1) is 0 Å². The highest BCUT2D eigenvalue weighted by molar-refractivity contribution is 5.63. The van der Waals surface area contributed by atoms with Gasteiger partial charge in [0.05, 0.1) is 6.61 Å². The van der Waals surface area contributed by atoms with Crippen molar-refractivity contribution in [2.45, 2.75) is 26.2 Å². The van der Waals surface area contributed by atoms with Gasteiger partial charge in [-0.3, -0.25) is 0 Å². The Morgan fingerprint density at radius 1 is 1.15 bits per heavy atom. The quantitative estimate of drug-likeness (QED) is 0.854. The maximum atomic E-state index is 5.48. The molecule has 104 valence electrons. The number of hydrogen-bond acceptors (Lipinski definition) is 4. The summed E-state index contributed by atoms with van der Waals surface area (Å²) in [5.41, 5.74) is 3.61. The first-order chi connectivity index (χ1) is 9.79. The molecule has 0 saturated carbocycles. The average molecular weight is 269 g/mol. The van der Waals surface area contributed by atoms with Crippen molar-refractivity contribution in [2.75, 3.05) is 18.6 Å². The van der Waals surface area contributed by atoms with E-state index in [0.717, 1.165) is 30.1 Å². The molecular formula is C16H19N3O. The Hall–Kier alpha value is -2.10. The number of rotatable bonds is 4. The van der Waals surface area contributed by atoms with Crippen LogP contribution in [0.5, 0.6) is 5.75 Å². The molecule has 1 aromatic heterocycles. The average Bonchev–Trinajstić information content (AvgIpc) is 2.96. The van der Waals surface area contributed by atoms with Gasteiger partial charge >= 0.3 is 0 Å². The van der Waals surface area contributed by atoms with E-state index in [9.17, 15) is 0 Å². The Labute approximate surface area is 119 Å². The molecule has 2 aromatic rings. The number of benzene rings is 1. The van der Waals surface area contributed by atoms with Gasteiger partial charge in [0.25, 0.3) is 0 Å². The molecule has 4 nitrogen and oxygen atoms in total. The fourth-order valence-electron chi connectivity index (χ4n) is 2.69. The number of fused-ring (bicyclic) bond motifs is 1. The van der Waals surface area contributed by atoms with Crippen molar-refractivity contribution in [3.05, 3.63) is 41.9 Å². The molecule has 1 aliphatic rings. The van der Waals surface area contributed by atoms with Gasteiger partial charge in [0.15, 0.2) is 0 Å². The summed E-state index contributed by atoms with van der Waals surface area (Å²) < 4.78 is 5.48. The standard InChI is InChI=1S/C16H19N3O/c1-3-20-13-9-7-12(8-10-13)19(2)16-14-5-4-6-15(14)17-11-18-16/h7-11H,3-6H2,1-2H3. The van der Waals surface area contributed by atoms with Crippen LogP contribution in [0.3, 0.4) is 0 Å². The van der Waals surface area contributed by atoms with E-state index in [1.807, 2.05) is 19.1 Å². The second-order valence-electron chi connectivity index (χ2n) is 4.96. The van der Waals surface area contributed by atoms with Crippen molar-refractivity contribution < 1.29 is 4.74 Å². The Kier molecular flexibility index (Phi) is 3.54. The van der Waals surface area contributed by atoms with Crippen LogP contribution in [-0.4, -0.2) is 23.6 Å². The summed E-state index contributed by atoms with van der Waals surface area (Å²) in [6.45, 7) is 2.68. The highest BCUT2D eigenvalue weighted by Gasteiger charge is 2.19. The summed E-state index contributed by atoms with van der Waals surface area (Å²) in [7, 11) is 2.05. The highest BCUT2D eigenvalue weighted by Crippen LogP contribution is 2.31. The lowest BCUT2D eigenvalue weighted by Crippen LogP contribution is -2.14. The minimum atomic E-state index is 0.689. The predicted molar refractivity (Wildman–Crippen MR) is 79.7 cm³/mol. The van der Waals surface area contributed by atoms with Gasteiger partial charge in [-0.15, -0.1) is 0 Å². The highest BCUT2D eigenvalue weighted by atomic mass is 16.5. The van der Waals surface area contributed by atoms with E-state index in [2.05, 4.69) is 34.0 Å². The zero-order chi connectivity index (χ0) is 13.9. The molecule has 0 saturated heterocycles. The van der Waals surface area contributed by atoms with Crippen LogP contribution in [0.25, 0.3) is 0 Å². The number of nitrogens with zero attached hydrogens (tertiary/aromatic N) is 3. The lowest BCUT2D eigenvalue weighted by Gasteiger charge is -2.21. The van der Waals surface area contributed by atoms with E-state index >= 15 is 0 Å². The molecule has 3 rings (SSSR count). The monoisotopic (exact) mass is 269 g/mol. The summed E-state index contributed by atoms with van der Waals surface area (Å²) in [6.07, 6.45) is 5.00. The molecular weight excluding hydrogens is 250 g/mol. The number of aromatic nitrogens is 2. The minimum Gasteiger partial charge on any atom is -0.494 e. The molecule has 0 unspecified atom stereocenters. The Bertz CT molecular complexity index is 595. The maximum absolute atomic E-state index is 5.48. The van der Waals surface area contributed by atoms with E-state index in [-0.39, 0.29) is 0 Å². The van der Waals surface area contributed by atoms with Crippen LogP contribution in [-0.2, 0) is 12.8 Å². The SMILES string of the molecule is CCOc1ccc(N(C)c2ncnc3c2CCC3)cc1. The van der Waals surface area contributed by atoms with E-state index in [4.69, 9.17) is 4.74 Å². The van der Waals surface area contributed by atoms with E-state index in [1.165, 1.54) is 17.7 Å². The van der Waals surface area contributed by atoms with Crippen LogP contribution < -0.4 is 9.64 Å². The number of anilines is 2. The molecule has 0 fully saturated rings. The molecule has 0 amide bonds. The third kappa shape index (κ3) is 2.33. The van der Waals surface area contributed by atoms with E-state index < -0.39 is 0 Å². The molecule has 0 N–H and O–H groups in total. The molecule has 0 atom stereocenters. The van der Waals surface area contributed by atoms with Crippen LogP contribution in [0.2, 0.25) is 0 Å². The fraction of sp³-hybridized carbons (Fsp3) is 0.375. The van der Waals surface area contributed by atoms with Gasteiger partial charge in [0.1, 0.15) is 17.9 Å². The second-order valence-corrected chi connectivity index (χ2v) is 4.96.